The molecule has 1 unspecified atom stereocenters. The van der Waals surface area contributed by atoms with Gasteiger partial charge in [-0.2, -0.15) is 0 Å². The first-order valence-corrected chi connectivity index (χ1v) is 17.7. The Balaban J connectivity index is 1.40. The fraction of sp³-hybridized carbons (Fsp3) is 0.444. The number of benzene rings is 3. The molecule has 0 saturated carbocycles. The van der Waals surface area contributed by atoms with E-state index in [0.717, 1.165) is 49.2 Å². The van der Waals surface area contributed by atoms with Crippen LogP contribution in [0.2, 0.25) is 0 Å². The second-order valence-electron chi connectivity index (χ2n) is 13.1. The molecule has 1 fully saturated rings. The number of carbonyl (C=O) groups is 2. The first-order chi connectivity index (χ1) is 21.6. The number of hydrogen-bond donors (Lipinski definition) is 1. The lowest BCUT2D eigenvalue weighted by Gasteiger charge is -2.38. The van der Waals surface area contributed by atoms with Gasteiger partial charge in [0.05, 0.1) is 16.9 Å². The van der Waals surface area contributed by atoms with Crippen LogP contribution in [0.3, 0.4) is 0 Å². The molecule has 1 saturated heterocycles. The number of rotatable bonds is 11. The molecular weight excluding hydrogens is 605 g/mol. The van der Waals surface area contributed by atoms with E-state index in [1.165, 1.54) is 18.4 Å². The summed E-state index contributed by atoms with van der Waals surface area (Å²) in [7, 11) is -3.29. The molecule has 1 amide bonds. The van der Waals surface area contributed by atoms with Gasteiger partial charge in [-0.1, -0.05) is 30.3 Å². The van der Waals surface area contributed by atoms with Crippen molar-refractivity contribution in [2.75, 3.05) is 38.2 Å². The molecule has 0 spiro atoms. The van der Waals surface area contributed by atoms with Crippen molar-refractivity contribution in [3.8, 4) is 0 Å². The second-order valence-corrected chi connectivity index (χ2v) is 15.1. The number of nitrogens with zero attached hydrogens (tertiary/aromatic N) is 2. The van der Waals surface area contributed by atoms with Crippen LogP contribution >= 0.6 is 0 Å². The number of halogens is 1. The Morgan fingerprint density at radius 3 is 2.28 bits per heavy atom. The molecule has 1 heterocycles. The van der Waals surface area contributed by atoms with E-state index in [0.29, 0.717) is 24.2 Å². The molecule has 3 aromatic rings. The Morgan fingerprint density at radius 1 is 1.04 bits per heavy atom. The number of likely N-dealkylation sites (tertiary alicyclic amines) is 1. The van der Waals surface area contributed by atoms with Gasteiger partial charge in [-0.15, -0.1) is 0 Å². The zero-order chi connectivity index (χ0) is 33.6. The number of hydrogen-bond acceptors (Lipinski definition) is 7. The molecule has 1 aliphatic heterocycles. The molecule has 46 heavy (non-hydrogen) atoms. The summed E-state index contributed by atoms with van der Waals surface area (Å²) in [6, 6.07) is 18.4. The van der Waals surface area contributed by atoms with E-state index in [4.69, 9.17) is 10.5 Å². The number of esters is 1. The zero-order valence-corrected chi connectivity index (χ0v) is 28.3. The number of likely N-dealkylation sites (N-methyl/N-ethyl adjacent to an activating group) is 1. The molecule has 3 aromatic carbocycles. The lowest BCUT2D eigenvalue weighted by molar-refractivity contribution is -0.133. The summed E-state index contributed by atoms with van der Waals surface area (Å²) in [6.07, 6.45) is 3.76. The molecular formula is C36H46FN3O5S. The van der Waals surface area contributed by atoms with Gasteiger partial charge in [0.1, 0.15) is 11.4 Å². The van der Waals surface area contributed by atoms with Crippen molar-refractivity contribution in [1.29, 1.82) is 0 Å². The monoisotopic (exact) mass is 651 g/mol. The van der Waals surface area contributed by atoms with Gasteiger partial charge in [0, 0.05) is 43.5 Å². The average molecular weight is 652 g/mol. The van der Waals surface area contributed by atoms with Crippen molar-refractivity contribution < 1.29 is 27.1 Å². The van der Waals surface area contributed by atoms with Crippen LogP contribution in [0.1, 0.15) is 79.9 Å². The third-order valence-corrected chi connectivity index (χ3v) is 9.58. The highest BCUT2D eigenvalue weighted by Crippen LogP contribution is 2.34. The molecule has 0 bridgehead atoms. The van der Waals surface area contributed by atoms with Gasteiger partial charge >= 0.3 is 5.97 Å². The summed E-state index contributed by atoms with van der Waals surface area (Å²) < 4.78 is 43.4. The number of carbonyl (C=O) groups excluding carboxylic acids is 2. The number of amides is 1. The lowest BCUT2D eigenvalue weighted by atomic mass is 9.86. The minimum absolute atomic E-state index is 0.0320. The minimum atomic E-state index is -3.29. The highest BCUT2D eigenvalue weighted by Gasteiger charge is 2.28. The Kier molecular flexibility index (Phi) is 11.3. The summed E-state index contributed by atoms with van der Waals surface area (Å²) in [5, 5.41) is 0. The van der Waals surface area contributed by atoms with E-state index < -0.39 is 21.4 Å². The predicted octanol–water partition coefficient (Wildman–Crippen LogP) is 5.84. The molecule has 0 aromatic heterocycles. The smallest absolute Gasteiger partial charge is 0.338 e. The van der Waals surface area contributed by atoms with Crippen molar-refractivity contribution in [2.45, 2.75) is 75.8 Å². The van der Waals surface area contributed by atoms with Gasteiger partial charge in [-0.05, 0) is 107 Å². The third-order valence-electron chi connectivity index (χ3n) is 8.45. The van der Waals surface area contributed by atoms with Crippen LogP contribution in [-0.2, 0) is 25.8 Å². The topological polar surface area (TPSA) is 110 Å². The Hall–Kier alpha value is -3.76. The summed E-state index contributed by atoms with van der Waals surface area (Å²) in [5.74, 6) is -0.906. The highest BCUT2D eigenvalue weighted by molar-refractivity contribution is 7.90. The van der Waals surface area contributed by atoms with Gasteiger partial charge < -0.3 is 20.3 Å². The van der Waals surface area contributed by atoms with Gasteiger partial charge in [0.2, 0.25) is 5.91 Å². The maximum atomic E-state index is 14.3. The van der Waals surface area contributed by atoms with Gasteiger partial charge in [0.15, 0.2) is 9.84 Å². The normalized spacial score (nSPS) is 15.3. The van der Waals surface area contributed by atoms with Crippen LogP contribution in [0.15, 0.2) is 71.6 Å². The van der Waals surface area contributed by atoms with E-state index in [1.54, 1.807) is 42.5 Å². The summed E-state index contributed by atoms with van der Waals surface area (Å²) >= 11 is 0. The number of ether oxygens (including phenoxy) is 1. The summed E-state index contributed by atoms with van der Waals surface area (Å²) in [5.41, 5.74) is 9.15. The molecule has 10 heteroatoms. The van der Waals surface area contributed by atoms with Gasteiger partial charge in [-0.25, -0.2) is 17.6 Å². The number of nitrogen functional groups attached to an aromatic ring is 1. The van der Waals surface area contributed by atoms with E-state index in [2.05, 4.69) is 4.90 Å². The van der Waals surface area contributed by atoms with Crippen molar-refractivity contribution in [3.05, 3.63) is 94.8 Å². The molecule has 0 aliphatic carbocycles. The van der Waals surface area contributed by atoms with Gasteiger partial charge in [-0.3, -0.25) is 4.79 Å². The fourth-order valence-corrected chi connectivity index (χ4v) is 6.75. The van der Waals surface area contributed by atoms with E-state index in [1.807, 2.05) is 44.7 Å². The molecule has 1 aliphatic rings. The fourth-order valence-electron chi connectivity index (χ4n) is 6.12. The average Bonchev–Trinajstić information content (AvgIpc) is 2.98. The third kappa shape index (κ3) is 9.39. The summed E-state index contributed by atoms with van der Waals surface area (Å²) in [4.78, 5) is 30.4. The van der Waals surface area contributed by atoms with E-state index in [9.17, 15) is 22.4 Å². The molecule has 8 nitrogen and oxygen atoms in total. The second kappa shape index (κ2) is 14.8. The molecule has 248 valence electrons. The van der Waals surface area contributed by atoms with E-state index >= 15 is 0 Å². The first-order valence-electron chi connectivity index (χ1n) is 15.8. The van der Waals surface area contributed by atoms with Crippen molar-refractivity contribution in [3.63, 3.8) is 0 Å². The Morgan fingerprint density at radius 2 is 1.72 bits per heavy atom. The standard InChI is InChI=1S/C36H46FN3O5S/c1-6-40(34(41)22-25-10-13-30(14-11-25)46(5,43)44)29-16-19-39(20-17-29)21-18-31(26-8-7-9-28(37)23-26)32-15-12-27(24-33(32)38)35(42)45-36(2,3)4/h7-15,23-24,29,31H,6,16-22,38H2,1-5H3. The number of nitrogens with two attached hydrogens (primary N) is 1. The highest BCUT2D eigenvalue weighted by atomic mass is 32.2. The van der Waals surface area contributed by atoms with Crippen LogP contribution in [0.4, 0.5) is 10.1 Å². The summed E-state index contributed by atoms with van der Waals surface area (Å²) in [6.45, 7) is 10.4. The van der Waals surface area contributed by atoms with Crippen LogP contribution in [0.5, 0.6) is 0 Å². The molecule has 0 radical (unpaired) electrons. The van der Waals surface area contributed by atoms with Crippen LogP contribution in [0, 0.1) is 5.82 Å². The minimum Gasteiger partial charge on any atom is -0.456 e. The maximum absolute atomic E-state index is 14.3. The van der Waals surface area contributed by atoms with Crippen molar-refractivity contribution >= 4 is 27.4 Å². The first kappa shape index (κ1) is 35.1. The van der Waals surface area contributed by atoms with Crippen molar-refractivity contribution in [1.82, 2.24) is 9.80 Å². The number of sulfone groups is 1. The SMILES string of the molecule is CCN(C(=O)Cc1ccc(S(C)(=O)=O)cc1)C1CCN(CCC(c2cccc(F)c2)c2ccc(C(=O)OC(C)(C)C)cc2N)CC1. The van der Waals surface area contributed by atoms with Crippen LogP contribution in [0.25, 0.3) is 0 Å². The van der Waals surface area contributed by atoms with Gasteiger partial charge in [0.25, 0.3) is 0 Å². The lowest BCUT2D eigenvalue weighted by Crippen LogP contribution is -2.48. The zero-order valence-electron chi connectivity index (χ0n) is 27.5. The maximum Gasteiger partial charge on any atom is 0.338 e. The largest absolute Gasteiger partial charge is 0.456 e. The predicted molar refractivity (Wildman–Crippen MR) is 179 cm³/mol. The molecule has 2 N–H and O–H groups in total. The molecule has 1 atom stereocenters. The molecule has 4 rings (SSSR count). The number of anilines is 1. The van der Waals surface area contributed by atoms with Crippen LogP contribution < -0.4 is 5.73 Å². The van der Waals surface area contributed by atoms with E-state index in [-0.39, 0.29) is 35.0 Å². The van der Waals surface area contributed by atoms with Crippen LogP contribution in [-0.4, -0.2) is 74.2 Å². The quantitative estimate of drug-likeness (QED) is 0.205. The number of piperidine rings is 1. The Bertz CT molecular complexity index is 1630. The van der Waals surface area contributed by atoms with Crippen molar-refractivity contribution in [2.24, 2.45) is 0 Å². The Labute approximate surface area is 272 Å².